The van der Waals surface area contributed by atoms with E-state index in [1.165, 1.54) is 99.1 Å². The van der Waals surface area contributed by atoms with Gasteiger partial charge in [-0.3, -0.25) is 0 Å². The Kier molecular flexibility index (Phi) is 6.63. The Balaban J connectivity index is 1.13. The van der Waals surface area contributed by atoms with Crippen LogP contribution in [0.25, 0.3) is 88.0 Å². The van der Waals surface area contributed by atoms with E-state index in [9.17, 15) is 0 Å². The Morgan fingerprint density at radius 2 is 0.745 bits per heavy atom. The van der Waals surface area contributed by atoms with Crippen molar-refractivity contribution in [2.75, 3.05) is 0 Å². The Bertz CT molecular complexity index is 2750. The second kappa shape index (κ2) is 11.4. The van der Waals surface area contributed by atoms with Crippen molar-refractivity contribution >= 4 is 32.3 Å². The highest BCUT2D eigenvalue weighted by atomic mass is 14.4. The van der Waals surface area contributed by atoms with E-state index in [1.807, 2.05) is 0 Å². The second-order valence-corrected chi connectivity index (χ2v) is 14.5. The molecule has 0 amide bonds. The van der Waals surface area contributed by atoms with Crippen LogP contribution in [-0.2, 0) is 5.41 Å². The highest BCUT2D eigenvalue weighted by Gasteiger charge is 2.36. The van der Waals surface area contributed by atoms with Gasteiger partial charge >= 0.3 is 0 Å². The van der Waals surface area contributed by atoms with E-state index in [0.717, 1.165) is 0 Å². The number of rotatable bonds is 4. The third kappa shape index (κ3) is 4.60. The average molecular weight is 649 g/mol. The van der Waals surface area contributed by atoms with Crippen LogP contribution in [0.1, 0.15) is 25.0 Å². The highest BCUT2D eigenvalue weighted by Crippen LogP contribution is 2.51. The predicted molar refractivity (Wildman–Crippen MR) is 218 cm³/mol. The molecule has 0 nitrogen and oxygen atoms in total. The summed E-state index contributed by atoms with van der Waals surface area (Å²) in [6, 6.07) is 67.4. The van der Waals surface area contributed by atoms with E-state index in [-0.39, 0.29) is 5.41 Å². The molecule has 240 valence electrons. The molecule has 0 heteroatoms. The normalized spacial score (nSPS) is 13.1. The summed E-state index contributed by atoms with van der Waals surface area (Å²) in [7, 11) is 0. The third-order valence-electron chi connectivity index (χ3n) is 11.3. The first kappa shape index (κ1) is 29.7. The Morgan fingerprint density at radius 3 is 1.39 bits per heavy atom. The van der Waals surface area contributed by atoms with Crippen LogP contribution in [0.15, 0.2) is 182 Å². The van der Waals surface area contributed by atoms with Gasteiger partial charge in [-0.15, -0.1) is 0 Å². The molecule has 0 N–H and O–H groups in total. The summed E-state index contributed by atoms with van der Waals surface area (Å²) in [6.45, 7) is 4.75. The van der Waals surface area contributed by atoms with Gasteiger partial charge in [0.15, 0.2) is 0 Å². The summed E-state index contributed by atoms with van der Waals surface area (Å²) >= 11 is 0. The lowest BCUT2D eigenvalue weighted by Gasteiger charge is -2.23. The molecule has 0 aliphatic heterocycles. The van der Waals surface area contributed by atoms with Crippen LogP contribution in [0.3, 0.4) is 0 Å². The molecule has 0 spiro atoms. The molecule has 0 aromatic heterocycles. The molecule has 0 atom stereocenters. The van der Waals surface area contributed by atoms with Crippen molar-refractivity contribution in [1.82, 2.24) is 0 Å². The lowest BCUT2D eigenvalue weighted by molar-refractivity contribution is 0.661. The summed E-state index contributed by atoms with van der Waals surface area (Å²) < 4.78 is 0. The summed E-state index contributed by atoms with van der Waals surface area (Å²) in [6.07, 6.45) is 0. The van der Waals surface area contributed by atoms with E-state index in [0.29, 0.717) is 0 Å². The van der Waals surface area contributed by atoms with Crippen LogP contribution in [0.5, 0.6) is 0 Å². The van der Waals surface area contributed by atoms with Crippen LogP contribution < -0.4 is 0 Å². The van der Waals surface area contributed by atoms with E-state index in [2.05, 4.69) is 196 Å². The zero-order chi connectivity index (χ0) is 34.1. The number of fused-ring (bicyclic) bond motifs is 6. The first-order valence-electron chi connectivity index (χ1n) is 17.9. The summed E-state index contributed by atoms with van der Waals surface area (Å²) in [5.41, 5.74) is 15.5. The second-order valence-electron chi connectivity index (χ2n) is 14.5. The molecule has 1 aliphatic carbocycles. The van der Waals surface area contributed by atoms with Crippen molar-refractivity contribution in [1.29, 1.82) is 0 Å². The maximum absolute atomic E-state index is 2.44. The van der Waals surface area contributed by atoms with Gasteiger partial charge in [0.2, 0.25) is 0 Å². The van der Waals surface area contributed by atoms with Crippen LogP contribution in [0.4, 0.5) is 0 Å². The molecule has 0 radical (unpaired) electrons. The van der Waals surface area contributed by atoms with Gasteiger partial charge in [-0.1, -0.05) is 178 Å². The first-order chi connectivity index (χ1) is 25.1. The molecule has 0 saturated carbocycles. The van der Waals surface area contributed by atoms with E-state index in [4.69, 9.17) is 0 Å². The quantitative estimate of drug-likeness (QED) is 0.167. The zero-order valence-corrected chi connectivity index (χ0v) is 28.8. The lowest BCUT2D eigenvalue weighted by atomic mass is 9.80. The van der Waals surface area contributed by atoms with Crippen LogP contribution in [0.2, 0.25) is 0 Å². The van der Waals surface area contributed by atoms with Crippen molar-refractivity contribution in [2.45, 2.75) is 19.3 Å². The first-order valence-corrected chi connectivity index (χ1v) is 17.9. The van der Waals surface area contributed by atoms with Crippen LogP contribution >= 0.6 is 0 Å². The van der Waals surface area contributed by atoms with Crippen LogP contribution in [0, 0.1) is 0 Å². The molecule has 1 aliphatic rings. The molecule has 9 aromatic rings. The molecular formula is C51H36. The van der Waals surface area contributed by atoms with Gasteiger partial charge < -0.3 is 0 Å². The Labute approximate surface area is 299 Å². The van der Waals surface area contributed by atoms with E-state index < -0.39 is 0 Å². The Hall–Kier alpha value is -6.24. The third-order valence-corrected chi connectivity index (χ3v) is 11.3. The zero-order valence-electron chi connectivity index (χ0n) is 28.8. The summed E-state index contributed by atoms with van der Waals surface area (Å²) in [4.78, 5) is 0. The molecule has 0 bridgehead atoms. The Morgan fingerprint density at radius 1 is 0.294 bits per heavy atom. The maximum Gasteiger partial charge on any atom is 0.0159 e. The predicted octanol–water partition coefficient (Wildman–Crippen LogP) is 14.1. The van der Waals surface area contributed by atoms with Crippen molar-refractivity contribution < 1.29 is 0 Å². The number of hydrogen-bond acceptors (Lipinski definition) is 0. The molecule has 0 heterocycles. The van der Waals surface area contributed by atoms with Gasteiger partial charge in [0.05, 0.1) is 0 Å². The fourth-order valence-electron chi connectivity index (χ4n) is 8.75. The topological polar surface area (TPSA) is 0 Å². The summed E-state index contributed by atoms with van der Waals surface area (Å²) in [5.74, 6) is 0. The molecule has 0 unspecified atom stereocenters. The van der Waals surface area contributed by atoms with Crippen molar-refractivity contribution in [2.24, 2.45) is 0 Å². The maximum atomic E-state index is 2.44. The van der Waals surface area contributed by atoms with Gasteiger partial charge in [0, 0.05) is 5.41 Å². The highest BCUT2D eigenvalue weighted by molar-refractivity contribution is 6.23. The van der Waals surface area contributed by atoms with Crippen molar-refractivity contribution in [3.8, 4) is 55.6 Å². The molecule has 9 aromatic carbocycles. The minimum absolute atomic E-state index is 0.104. The van der Waals surface area contributed by atoms with Crippen LogP contribution in [-0.4, -0.2) is 0 Å². The fourth-order valence-corrected chi connectivity index (χ4v) is 8.75. The van der Waals surface area contributed by atoms with Gasteiger partial charge in [-0.25, -0.2) is 0 Å². The molecule has 0 fully saturated rings. The van der Waals surface area contributed by atoms with E-state index in [1.54, 1.807) is 0 Å². The van der Waals surface area contributed by atoms with Crippen molar-refractivity contribution in [3.63, 3.8) is 0 Å². The lowest BCUT2D eigenvalue weighted by Crippen LogP contribution is -2.15. The average Bonchev–Trinajstić information content (AvgIpc) is 3.42. The van der Waals surface area contributed by atoms with Gasteiger partial charge in [0.1, 0.15) is 0 Å². The van der Waals surface area contributed by atoms with E-state index >= 15 is 0 Å². The van der Waals surface area contributed by atoms with Gasteiger partial charge in [-0.05, 0) is 117 Å². The number of hydrogen-bond donors (Lipinski definition) is 0. The minimum atomic E-state index is -0.104. The van der Waals surface area contributed by atoms with Gasteiger partial charge in [-0.2, -0.15) is 0 Å². The SMILES string of the molecule is CC1(C)c2cc(-c3ccccc3)ccc2-c2ccc(-c3cccc(-c4c5ccccc5c(-c5cccc6ccccc56)c5ccccc45)c3)cc21. The van der Waals surface area contributed by atoms with Crippen molar-refractivity contribution in [3.05, 3.63) is 193 Å². The van der Waals surface area contributed by atoms with Gasteiger partial charge in [0.25, 0.3) is 0 Å². The molecular weight excluding hydrogens is 613 g/mol. The number of benzene rings is 9. The smallest absolute Gasteiger partial charge is 0.0159 e. The molecule has 0 saturated heterocycles. The minimum Gasteiger partial charge on any atom is -0.0622 e. The monoisotopic (exact) mass is 648 g/mol. The molecule has 10 rings (SSSR count). The summed E-state index contributed by atoms with van der Waals surface area (Å²) in [5, 5.41) is 7.65. The fraction of sp³-hybridized carbons (Fsp3) is 0.0588. The molecule has 51 heavy (non-hydrogen) atoms. The largest absolute Gasteiger partial charge is 0.0622 e. The standard InChI is InChI=1S/C51H36/c1-51(2)47-31-36(33-14-4-3-5-15-33)26-28-40(47)41-29-27-37(32-48(41)51)35-18-12-19-38(30-35)49-43-21-8-10-23-45(43)50(46-24-11-9-22-44(46)49)42-25-13-17-34-16-6-7-20-39(34)42/h3-32H,1-2H3.